The van der Waals surface area contributed by atoms with Crippen molar-refractivity contribution in [2.24, 2.45) is 17.4 Å². The molecule has 2 saturated carbocycles. The summed E-state index contributed by atoms with van der Waals surface area (Å²) in [7, 11) is 0. The minimum Gasteiger partial charge on any atom is -0.368 e. The zero-order chi connectivity index (χ0) is 44.3. The summed E-state index contributed by atoms with van der Waals surface area (Å²) >= 11 is 8.01. The number of hydrazine groups is 1. The van der Waals surface area contributed by atoms with Crippen LogP contribution in [0.3, 0.4) is 0 Å². The van der Waals surface area contributed by atoms with Gasteiger partial charge in [0.25, 0.3) is 0 Å². The van der Waals surface area contributed by atoms with Gasteiger partial charge in [0.05, 0.1) is 17.1 Å². The number of rotatable bonds is 13. The predicted molar refractivity (Wildman–Crippen MR) is 270 cm³/mol. The van der Waals surface area contributed by atoms with E-state index >= 15 is 0 Å². The Morgan fingerprint density at radius 3 is 1.35 bits per heavy atom. The van der Waals surface area contributed by atoms with Crippen molar-refractivity contribution in [2.45, 2.75) is 208 Å². The Hall–Kier alpha value is -2.04. The summed E-state index contributed by atoms with van der Waals surface area (Å²) in [5, 5.41) is 6.95. The molecular formula is C46H94BrN7O6S2. The van der Waals surface area contributed by atoms with Crippen molar-refractivity contribution >= 4 is 75.8 Å². The Morgan fingerprint density at radius 1 is 0.661 bits per heavy atom. The van der Waals surface area contributed by atoms with Crippen LogP contribution < -0.4 is 27.5 Å². The van der Waals surface area contributed by atoms with Gasteiger partial charge >= 0.3 is 0 Å². The van der Waals surface area contributed by atoms with Crippen LogP contribution in [0.15, 0.2) is 0 Å². The standard InChI is InChI=1S/C12H21N3O3S.C10H17BrN4O3.2C10H20.CH4S.3CH4/c1-3-9(12(13)18)15-6-8(4-11(15)17)5-14-10(16)7-19-2;1-2-7(10(12)18)15-9(17)3-6(14-15)5-13-8(16)4-11;2*1-2-4-6-8-10-9-7-5-3-1;1-2;;;/h8-9H,3-7H2,1-2H3,(H2,13,18)(H,14,16);6-7,14H,2-5H2,1H3,(H2,12,18)(H,13,16);2*1-10H2;2H,1H3;3*1H4/t8?,9-;6?,7-;;;;;;/m11....../s1. The highest BCUT2D eigenvalue weighted by molar-refractivity contribution is 9.09. The van der Waals surface area contributed by atoms with Gasteiger partial charge in [-0.15, -0.1) is 0 Å². The van der Waals surface area contributed by atoms with Crippen molar-refractivity contribution in [3.8, 4) is 0 Å². The fourth-order valence-corrected chi connectivity index (χ4v) is 8.16. The molecule has 0 aromatic carbocycles. The Kier molecular flexibility index (Phi) is 47.4. The molecule has 6 amide bonds. The fraction of sp³-hybridized carbons (Fsp3) is 0.870. The van der Waals surface area contributed by atoms with E-state index in [-0.39, 0.29) is 69.6 Å². The van der Waals surface area contributed by atoms with Gasteiger partial charge < -0.3 is 27.0 Å². The normalized spacial score (nSPS) is 20.2. The lowest BCUT2D eigenvalue weighted by atomic mass is 10.0. The van der Waals surface area contributed by atoms with E-state index in [0.717, 1.165) is 0 Å². The zero-order valence-electron chi connectivity index (χ0n) is 37.0. The highest BCUT2D eigenvalue weighted by atomic mass is 79.9. The van der Waals surface area contributed by atoms with Crippen LogP contribution in [0.1, 0.15) is 190 Å². The summed E-state index contributed by atoms with van der Waals surface area (Å²) in [6, 6.07) is -1.37. The summed E-state index contributed by atoms with van der Waals surface area (Å²) in [5.74, 6) is -0.944. The molecule has 4 atom stereocenters. The molecule has 4 fully saturated rings. The first kappa shape index (κ1) is 66.6. The molecule has 13 nitrogen and oxygen atoms in total. The van der Waals surface area contributed by atoms with E-state index in [4.69, 9.17) is 11.5 Å². The molecule has 2 heterocycles. The average Bonchev–Trinajstić information content (AvgIpc) is 3.79. The minimum atomic E-state index is -0.644. The van der Waals surface area contributed by atoms with Gasteiger partial charge in [-0.3, -0.25) is 33.8 Å². The SMILES string of the molecule is C.C.C.C1CCCCCCCCC1.C1CCCCCCCCC1.CC[C@H](C(N)=O)N1CC(CNC(=O)CSC)CC1=O.CC[C@H](C(N)=O)N1NC(CNC(=O)CBr)CC1=O.CS. The molecule has 7 N–H and O–H groups in total. The molecule has 0 radical (unpaired) electrons. The van der Waals surface area contributed by atoms with Crippen LogP contribution >= 0.6 is 40.3 Å². The molecule has 0 aromatic rings. The molecule has 0 bridgehead atoms. The van der Waals surface area contributed by atoms with E-state index in [1.807, 2.05) is 13.2 Å². The first-order valence-electron chi connectivity index (χ1n) is 22.5. The lowest BCUT2D eigenvalue weighted by molar-refractivity contribution is -0.138. The Morgan fingerprint density at radius 2 is 1.03 bits per heavy atom. The van der Waals surface area contributed by atoms with E-state index in [1.165, 1.54) is 150 Å². The molecular weight excluding hydrogens is 891 g/mol. The number of thiol groups is 1. The number of carbonyl (C=O) groups is 6. The van der Waals surface area contributed by atoms with Gasteiger partial charge in [-0.05, 0) is 25.4 Å². The van der Waals surface area contributed by atoms with Crippen molar-refractivity contribution in [3.05, 3.63) is 0 Å². The number of nitrogens with two attached hydrogens (primary N) is 2. The van der Waals surface area contributed by atoms with Crippen molar-refractivity contribution < 1.29 is 28.8 Å². The maximum atomic E-state index is 11.9. The molecule has 2 aliphatic heterocycles. The van der Waals surface area contributed by atoms with Gasteiger partial charge in [0.2, 0.25) is 35.4 Å². The second kappa shape index (κ2) is 44.2. The number of thioether (sulfide) groups is 1. The van der Waals surface area contributed by atoms with Gasteiger partial charge in [-0.25, -0.2) is 5.43 Å². The van der Waals surface area contributed by atoms with Gasteiger partial charge in [0.15, 0.2) is 0 Å². The minimum absolute atomic E-state index is 0. The highest BCUT2D eigenvalue weighted by Crippen LogP contribution is 2.21. The molecule has 2 saturated heterocycles. The van der Waals surface area contributed by atoms with Crippen molar-refractivity contribution in [1.29, 1.82) is 0 Å². The van der Waals surface area contributed by atoms with Gasteiger partial charge in [-0.1, -0.05) is 180 Å². The van der Waals surface area contributed by atoms with Crippen molar-refractivity contribution in [1.82, 2.24) is 26.0 Å². The molecule has 2 aliphatic carbocycles. The number of amides is 6. The molecule has 368 valence electrons. The second-order valence-electron chi connectivity index (χ2n) is 15.8. The number of primary amides is 2. The van der Waals surface area contributed by atoms with E-state index in [1.54, 1.807) is 13.2 Å². The third-order valence-electron chi connectivity index (χ3n) is 10.9. The van der Waals surface area contributed by atoms with Crippen molar-refractivity contribution in [3.63, 3.8) is 0 Å². The number of nitrogens with zero attached hydrogens (tertiary/aromatic N) is 2. The zero-order valence-corrected chi connectivity index (χ0v) is 40.3. The van der Waals surface area contributed by atoms with Crippen molar-refractivity contribution in [2.75, 3.05) is 43.2 Å². The lowest BCUT2D eigenvalue weighted by Gasteiger charge is -2.24. The Labute approximate surface area is 397 Å². The fourth-order valence-electron chi connectivity index (χ4n) is 7.60. The Balaban J connectivity index is -0.000000363. The van der Waals surface area contributed by atoms with Crippen LogP contribution in [-0.2, 0) is 28.8 Å². The maximum absolute atomic E-state index is 11.9. The molecule has 4 rings (SSSR count). The Bertz CT molecular complexity index is 1090. The molecule has 16 heteroatoms. The summed E-state index contributed by atoms with van der Waals surface area (Å²) in [5.41, 5.74) is 13.4. The van der Waals surface area contributed by atoms with Crippen LogP contribution in [-0.4, -0.2) is 107 Å². The number of hydrogen-bond acceptors (Lipinski definition) is 9. The van der Waals surface area contributed by atoms with Crippen LogP contribution in [0.2, 0.25) is 0 Å². The van der Waals surface area contributed by atoms with Crippen LogP contribution in [0.4, 0.5) is 0 Å². The largest absolute Gasteiger partial charge is 0.368 e. The molecule has 4 aliphatic rings. The van der Waals surface area contributed by atoms with E-state index in [0.29, 0.717) is 44.6 Å². The number of halogens is 1. The maximum Gasteiger partial charge on any atom is 0.241 e. The summed E-state index contributed by atoms with van der Waals surface area (Å²) in [6.07, 6.45) is 35.1. The van der Waals surface area contributed by atoms with Crippen LogP contribution in [0.5, 0.6) is 0 Å². The number of alkyl halides is 1. The first-order valence-corrected chi connectivity index (χ1v) is 25.9. The number of hydrogen-bond donors (Lipinski definition) is 6. The predicted octanol–water partition coefficient (Wildman–Crippen LogP) is 8.70. The van der Waals surface area contributed by atoms with Crippen LogP contribution in [0, 0.1) is 5.92 Å². The number of carbonyl (C=O) groups excluding carboxylic acids is 6. The van der Waals surface area contributed by atoms with Crippen LogP contribution in [0.25, 0.3) is 0 Å². The molecule has 62 heavy (non-hydrogen) atoms. The van der Waals surface area contributed by atoms with Gasteiger partial charge in [0, 0.05) is 38.4 Å². The summed E-state index contributed by atoms with van der Waals surface area (Å²) < 4.78 is 0. The molecule has 0 spiro atoms. The summed E-state index contributed by atoms with van der Waals surface area (Å²) in [4.78, 5) is 70.0. The number of likely N-dealkylation sites (tertiary alicyclic amines) is 1. The van der Waals surface area contributed by atoms with E-state index in [9.17, 15) is 28.8 Å². The average molecular weight is 985 g/mol. The van der Waals surface area contributed by atoms with Gasteiger partial charge in [-0.2, -0.15) is 24.4 Å². The topological polar surface area (TPSA) is 197 Å². The van der Waals surface area contributed by atoms with Gasteiger partial charge in [0.1, 0.15) is 12.1 Å². The quantitative estimate of drug-likeness (QED) is 0.0779. The monoisotopic (exact) mass is 984 g/mol. The first-order chi connectivity index (χ1) is 28.5. The van der Waals surface area contributed by atoms with E-state index in [2.05, 4.69) is 44.6 Å². The summed E-state index contributed by atoms with van der Waals surface area (Å²) in [6.45, 7) is 4.90. The highest BCUT2D eigenvalue weighted by Gasteiger charge is 2.37. The second-order valence-corrected chi connectivity index (χ2v) is 17.2. The smallest absolute Gasteiger partial charge is 0.241 e. The lowest BCUT2D eigenvalue weighted by Crippen LogP contribution is -2.52. The van der Waals surface area contributed by atoms with E-state index < -0.39 is 23.9 Å². The third kappa shape index (κ3) is 31.7. The number of nitrogens with one attached hydrogen (secondary N) is 3. The molecule has 2 unspecified atom stereocenters. The third-order valence-corrected chi connectivity index (χ3v) is 12.0. The molecule has 0 aromatic heterocycles.